The number of hydrogen-bond acceptors (Lipinski definition) is 6. The maximum Gasteiger partial charge on any atom is 0.277 e. The summed E-state index contributed by atoms with van der Waals surface area (Å²) < 4.78 is 7.94. The Hall–Kier alpha value is -3.52. The fourth-order valence-corrected chi connectivity index (χ4v) is 3.73. The van der Waals surface area contributed by atoms with Crippen molar-refractivity contribution in [2.45, 2.75) is 13.5 Å². The summed E-state index contributed by atoms with van der Waals surface area (Å²) in [4.78, 5) is 22.2. The third-order valence-electron chi connectivity index (χ3n) is 4.94. The molecule has 0 fully saturated rings. The zero-order chi connectivity index (χ0) is 22.7. The summed E-state index contributed by atoms with van der Waals surface area (Å²) in [5.41, 5.74) is 10.5. The Morgan fingerprint density at radius 1 is 1.16 bits per heavy atom. The van der Waals surface area contributed by atoms with Crippen molar-refractivity contribution in [2.75, 3.05) is 19.4 Å². The van der Waals surface area contributed by atoms with Gasteiger partial charge in [0.15, 0.2) is 0 Å². The van der Waals surface area contributed by atoms with E-state index in [2.05, 4.69) is 31.0 Å². The highest BCUT2D eigenvalue weighted by Crippen LogP contribution is 2.26. The smallest absolute Gasteiger partial charge is 0.277 e. The molecule has 2 heterocycles. The van der Waals surface area contributed by atoms with E-state index in [0.717, 1.165) is 21.2 Å². The van der Waals surface area contributed by atoms with Crippen LogP contribution in [0.4, 0.5) is 5.69 Å². The van der Waals surface area contributed by atoms with E-state index in [9.17, 15) is 4.79 Å². The van der Waals surface area contributed by atoms with Crippen molar-refractivity contribution in [3.63, 3.8) is 0 Å². The van der Waals surface area contributed by atoms with E-state index in [4.69, 9.17) is 10.5 Å². The Balaban J connectivity index is 1.90. The van der Waals surface area contributed by atoms with Gasteiger partial charge in [-0.1, -0.05) is 34.1 Å². The van der Waals surface area contributed by atoms with Crippen molar-refractivity contribution in [1.29, 1.82) is 0 Å². The molecule has 0 aliphatic rings. The normalized spacial score (nSPS) is 11.3. The number of nitrogens with two attached hydrogens (primary N) is 1. The van der Waals surface area contributed by atoms with Gasteiger partial charge in [0.25, 0.3) is 5.56 Å². The van der Waals surface area contributed by atoms with Gasteiger partial charge in [0.1, 0.15) is 11.0 Å². The lowest BCUT2D eigenvalue weighted by Crippen LogP contribution is -2.26. The van der Waals surface area contributed by atoms with Crippen LogP contribution < -0.4 is 16.0 Å². The van der Waals surface area contributed by atoms with Crippen LogP contribution in [0.25, 0.3) is 22.2 Å². The molecule has 0 saturated carbocycles. The first kappa shape index (κ1) is 21.7. The highest BCUT2D eigenvalue weighted by molar-refractivity contribution is 9.10. The first-order valence-corrected chi connectivity index (χ1v) is 10.9. The molecule has 2 aromatic carbocycles. The van der Waals surface area contributed by atoms with Crippen LogP contribution in [-0.4, -0.2) is 34.6 Å². The molecule has 0 aliphatic heterocycles. The molecule has 0 bridgehead atoms. The molecule has 0 spiro atoms. The number of fused-ring (bicyclic) bond motifs is 1. The molecule has 0 amide bonds. The van der Waals surface area contributed by atoms with Crippen molar-refractivity contribution < 1.29 is 4.74 Å². The van der Waals surface area contributed by atoms with Gasteiger partial charge >= 0.3 is 0 Å². The summed E-state index contributed by atoms with van der Waals surface area (Å²) in [7, 11) is 1.69. The van der Waals surface area contributed by atoms with Crippen LogP contribution in [0, 0.1) is 0 Å². The van der Waals surface area contributed by atoms with E-state index in [1.807, 2.05) is 55.5 Å². The van der Waals surface area contributed by atoms with Crippen molar-refractivity contribution in [3.05, 3.63) is 80.6 Å². The molecule has 2 aromatic heterocycles. The van der Waals surface area contributed by atoms with Gasteiger partial charge in [-0.3, -0.25) is 9.79 Å². The molecule has 8 heteroatoms. The van der Waals surface area contributed by atoms with E-state index in [1.54, 1.807) is 19.3 Å². The number of halogens is 1. The summed E-state index contributed by atoms with van der Waals surface area (Å²) in [6, 6.07) is 16.8. The van der Waals surface area contributed by atoms with E-state index >= 15 is 0 Å². The average Bonchev–Trinajstić information content (AvgIpc) is 2.78. The minimum atomic E-state index is -0.233. The van der Waals surface area contributed by atoms with Crippen molar-refractivity contribution >= 4 is 38.9 Å². The Kier molecular flexibility index (Phi) is 6.32. The molecule has 162 valence electrons. The molecule has 0 saturated heterocycles. The average molecular weight is 492 g/mol. The summed E-state index contributed by atoms with van der Waals surface area (Å²) in [5, 5.41) is 4.59. The Labute approximate surface area is 193 Å². The third kappa shape index (κ3) is 4.40. The molecule has 0 radical (unpaired) electrons. The maximum atomic E-state index is 13.6. The van der Waals surface area contributed by atoms with E-state index in [1.165, 1.54) is 4.68 Å². The van der Waals surface area contributed by atoms with Crippen molar-refractivity contribution in [3.8, 4) is 17.0 Å². The second-order valence-corrected chi connectivity index (χ2v) is 8.06. The number of ether oxygens (including phenoxy) is 1. The lowest BCUT2D eigenvalue weighted by molar-refractivity contribution is 0.328. The van der Waals surface area contributed by atoms with E-state index in [-0.39, 0.29) is 12.1 Å². The molecule has 2 N–H and O–H groups in total. The monoisotopic (exact) mass is 491 g/mol. The number of aliphatic imine (C=N–C) groups is 1. The van der Waals surface area contributed by atoms with Crippen LogP contribution in [0.2, 0.25) is 0 Å². The number of rotatable bonds is 6. The van der Waals surface area contributed by atoms with Crippen LogP contribution in [-0.2, 0) is 6.54 Å². The second kappa shape index (κ2) is 9.32. The lowest BCUT2D eigenvalue weighted by atomic mass is 10.1. The van der Waals surface area contributed by atoms with Crippen molar-refractivity contribution in [2.24, 2.45) is 4.99 Å². The number of nitrogens with zero attached hydrogens (tertiary/aromatic N) is 4. The van der Waals surface area contributed by atoms with Gasteiger partial charge in [-0.05, 0) is 48.4 Å². The van der Waals surface area contributed by atoms with Crippen molar-refractivity contribution in [1.82, 2.24) is 14.8 Å². The molecule has 7 nitrogen and oxygen atoms in total. The zero-order valence-corrected chi connectivity index (χ0v) is 19.3. The molecule has 4 rings (SSSR count). The predicted molar refractivity (Wildman–Crippen MR) is 132 cm³/mol. The Morgan fingerprint density at radius 2 is 1.94 bits per heavy atom. The van der Waals surface area contributed by atoms with Gasteiger partial charge in [0.2, 0.25) is 5.88 Å². The summed E-state index contributed by atoms with van der Waals surface area (Å²) in [6.07, 6.45) is 1.70. The van der Waals surface area contributed by atoms with Crippen LogP contribution in [0.1, 0.15) is 18.1 Å². The third-order valence-corrected chi connectivity index (χ3v) is 5.47. The van der Waals surface area contributed by atoms with Gasteiger partial charge in [-0.2, -0.15) is 5.10 Å². The standard InChI is InChI=1S/C24H22BrN5O2/c1-3-32-21-11-10-20-23(28-21)22(16-5-7-18(25)8-6-16)24(31)30(29-20)14-15-4-9-19(26)17(12-15)13-27-2/h4-13H,3,14,26H2,1-2H3. The number of aromatic nitrogens is 3. The number of pyridine rings is 1. The number of hydrogen-bond donors (Lipinski definition) is 1. The van der Waals surface area contributed by atoms with E-state index < -0.39 is 0 Å². The molecular weight excluding hydrogens is 470 g/mol. The molecule has 0 aliphatic carbocycles. The van der Waals surface area contributed by atoms with Gasteiger partial charge in [-0.15, -0.1) is 0 Å². The van der Waals surface area contributed by atoms with Gasteiger partial charge < -0.3 is 10.5 Å². The van der Waals surface area contributed by atoms with Gasteiger partial charge in [0, 0.05) is 35.1 Å². The van der Waals surface area contributed by atoms with E-state index in [0.29, 0.717) is 34.8 Å². The summed E-state index contributed by atoms with van der Waals surface area (Å²) in [5.74, 6) is 0.458. The summed E-state index contributed by atoms with van der Waals surface area (Å²) >= 11 is 3.45. The molecular formula is C24H22BrN5O2. The second-order valence-electron chi connectivity index (χ2n) is 7.15. The molecule has 32 heavy (non-hydrogen) atoms. The van der Waals surface area contributed by atoms with Gasteiger partial charge in [-0.25, -0.2) is 9.67 Å². The van der Waals surface area contributed by atoms with Crippen LogP contribution in [0.15, 0.2) is 68.9 Å². The zero-order valence-electron chi connectivity index (χ0n) is 17.7. The topological polar surface area (TPSA) is 95.4 Å². The highest BCUT2D eigenvalue weighted by Gasteiger charge is 2.16. The molecule has 4 aromatic rings. The minimum Gasteiger partial charge on any atom is -0.478 e. The number of nitrogen functional groups attached to an aromatic ring is 1. The number of anilines is 1. The molecule has 0 unspecified atom stereocenters. The van der Waals surface area contributed by atoms with Crippen LogP contribution >= 0.6 is 15.9 Å². The maximum absolute atomic E-state index is 13.6. The highest BCUT2D eigenvalue weighted by atomic mass is 79.9. The van der Waals surface area contributed by atoms with Crippen LogP contribution in [0.3, 0.4) is 0 Å². The first-order valence-electron chi connectivity index (χ1n) is 10.1. The summed E-state index contributed by atoms with van der Waals surface area (Å²) in [6.45, 7) is 2.66. The number of benzene rings is 2. The Bertz CT molecular complexity index is 1360. The largest absolute Gasteiger partial charge is 0.478 e. The lowest BCUT2D eigenvalue weighted by Gasteiger charge is -2.13. The molecule has 0 atom stereocenters. The minimum absolute atomic E-state index is 0.233. The fourth-order valence-electron chi connectivity index (χ4n) is 3.46. The predicted octanol–water partition coefficient (Wildman–Crippen LogP) is 4.30. The van der Waals surface area contributed by atoms with Gasteiger partial charge in [0.05, 0.1) is 18.7 Å². The Morgan fingerprint density at radius 3 is 2.66 bits per heavy atom. The fraction of sp³-hybridized carbons (Fsp3) is 0.167. The SMILES string of the molecule is CCOc1ccc2nn(Cc3ccc(N)c(C=NC)c3)c(=O)c(-c3ccc(Br)cc3)c2n1. The van der Waals surface area contributed by atoms with Crippen LogP contribution in [0.5, 0.6) is 5.88 Å². The first-order chi connectivity index (χ1) is 15.5. The quantitative estimate of drug-likeness (QED) is 0.320.